The fourth-order valence-corrected chi connectivity index (χ4v) is 4.93. The van der Waals surface area contributed by atoms with Crippen LogP contribution in [0.4, 0.5) is 11.4 Å². The lowest BCUT2D eigenvalue weighted by Gasteiger charge is -2.25. The first-order valence-electron chi connectivity index (χ1n) is 10.4. The third kappa shape index (κ3) is 3.44. The molecule has 0 bridgehead atoms. The van der Waals surface area contributed by atoms with E-state index < -0.39 is 0 Å². The van der Waals surface area contributed by atoms with Crippen LogP contribution >= 0.6 is 11.3 Å². The highest BCUT2D eigenvalue weighted by Crippen LogP contribution is 2.33. The number of carbonyl (C=O) groups excluding carboxylic acids is 1. The van der Waals surface area contributed by atoms with E-state index in [0.29, 0.717) is 58.5 Å². The molecule has 3 heterocycles. The number of thiazole rings is 1. The highest BCUT2D eigenvalue weighted by molar-refractivity contribution is 7.07. The van der Waals surface area contributed by atoms with Gasteiger partial charge in [-0.15, -0.1) is 0 Å². The Morgan fingerprint density at radius 3 is 2.50 bits per heavy atom. The molecule has 0 aliphatic carbocycles. The Labute approximate surface area is 188 Å². The van der Waals surface area contributed by atoms with Gasteiger partial charge in [0, 0.05) is 16.9 Å². The SMILES string of the molecule is CCOc1ccc(N2CN=c3sc(=C4C(=O)Nc5ccc(OCC)cc54)c(=O)n3C2)cc1. The minimum absolute atomic E-state index is 0.218. The second kappa shape index (κ2) is 8.16. The molecule has 164 valence electrons. The minimum atomic E-state index is -0.284. The van der Waals surface area contributed by atoms with Crippen molar-refractivity contribution >= 4 is 34.2 Å². The van der Waals surface area contributed by atoms with E-state index in [2.05, 4.69) is 10.3 Å². The molecule has 2 aromatic carbocycles. The van der Waals surface area contributed by atoms with Gasteiger partial charge in [-0.2, -0.15) is 0 Å². The molecule has 3 aromatic rings. The van der Waals surface area contributed by atoms with E-state index in [0.717, 1.165) is 11.4 Å². The van der Waals surface area contributed by atoms with Crippen LogP contribution in [0.15, 0.2) is 52.3 Å². The van der Waals surface area contributed by atoms with Crippen LogP contribution in [0.2, 0.25) is 0 Å². The van der Waals surface area contributed by atoms with E-state index in [4.69, 9.17) is 9.47 Å². The molecule has 8 nitrogen and oxygen atoms in total. The highest BCUT2D eigenvalue weighted by atomic mass is 32.1. The van der Waals surface area contributed by atoms with Crippen LogP contribution in [0.1, 0.15) is 19.4 Å². The minimum Gasteiger partial charge on any atom is -0.494 e. The van der Waals surface area contributed by atoms with Gasteiger partial charge in [0.1, 0.15) is 29.4 Å². The number of anilines is 2. The van der Waals surface area contributed by atoms with Crippen molar-refractivity contribution in [3.05, 3.63) is 67.7 Å². The second-order valence-electron chi connectivity index (χ2n) is 7.32. The molecule has 2 aliphatic heterocycles. The van der Waals surface area contributed by atoms with Crippen LogP contribution < -0.4 is 34.6 Å². The number of nitrogens with zero attached hydrogens (tertiary/aromatic N) is 3. The highest BCUT2D eigenvalue weighted by Gasteiger charge is 2.28. The molecule has 0 saturated carbocycles. The summed E-state index contributed by atoms with van der Waals surface area (Å²) in [5.74, 6) is 1.18. The second-order valence-corrected chi connectivity index (χ2v) is 8.30. The lowest BCUT2D eigenvalue weighted by atomic mass is 10.1. The number of benzene rings is 2. The number of nitrogens with one attached hydrogen (secondary N) is 1. The Bertz CT molecular complexity index is 1370. The van der Waals surface area contributed by atoms with Gasteiger partial charge in [0.2, 0.25) is 0 Å². The molecule has 0 radical (unpaired) electrons. The predicted molar refractivity (Wildman–Crippen MR) is 123 cm³/mol. The molecular formula is C23H22N4O4S. The quantitative estimate of drug-likeness (QED) is 0.642. The summed E-state index contributed by atoms with van der Waals surface area (Å²) in [6, 6.07) is 13.1. The van der Waals surface area contributed by atoms with Gasteiger partial charge in [0.25, 0.3) is 11.5 Å². The van der Waals surface area contributed by atoms with Crippen molar-refractivity contribution in [1.29, 1.82) is 0 Å². The normalized spacial score (nSPS) is 16.2. The lowest BCUT2D eigenvalue weighted by molar-refractivity contribution is -0.110. The molecule has 0 spiro atoms. The molecule has 9 heteroatoms. The zero-order chi connectivity index (χ0) is 22.2. The van der Waals surface area contributed by atoms with Crippen molar-refractivity contribution in [3.63, 3.8) is 0 Å². The van der Waals surface area contributed by atoms with Crippen LogP contribution in [0.25, 0.3) is 5.57 Å². The maximum absolute atomic E-state index is 13.3. The van der Waals surface area contributed by atoms with Gasteiger partial charge in [-0.3, -0.25) is 14.2 Å². The van der Waals surface area contributed by atoms with Crippen LogP contribution in [-0.4, -0.2) is 30.4 Å². The molecule has 0 unspecified atom stereocenters. The van der Waals surface area contributed by atoms with E-state index in [1.165, 1.54) is 11.3 Å². The van der Waals surface area contributed by atoms with Crippen molar-refractivity contribution in [2.45, 2.75) is 20.5 Å². The first kappa shape index (κ1) is 20.3. The molecule has 1 N–H and O–H groups in total. The van der Waals surface area contributed by atoms with E-state index in [1.54, 1.807) is 16.7 Å². The molecule has 32 heavy (non-hydrogen) atoms. The van der Waals surface area contributed by atoms with Crippen molar-refractivity contribution in [2.75, 3.05) is 30.1 Å². The van der Waals surface area contributed by atoms with Crippen LogP contribution in [0.3, 0.4) is 0 Å². The maximum atomic E-state index is 13.3. The average molecular weight is 451 g/mol. The first-order valence-corrected chi connectivity index (χ1v) is 11.3. The van der Waals surface area contributed by atoms with Gasteiger partial charge in [-0.05, 0) is 56.3 Å². The Hall–Kier alpha value is -3.59. The van der Waals surface area contributed by atoms with Crippen LogP contribution in [-0.2, 0) is 11.5 Å². The molecular weight excluding hydrogens is 428 g/mol. The number of fused-ring (bicyclic) bond motifs is 2. The molecule has 1 amide bonds. The fraction of sp³-hybridized carbons (Fsp3) is 0.261. The third-order valence-electron chi connectivity index (χ3n) is 5.34. The zero-order valence-electron chi connectivity index (χ0n) is 17.8. The summed E-state index contributed by atoms with van der Waals surface area (Å²) < 4.78 is 13.1. The van der Waals surface area contributed by atoms with Gasteiger partial charge in [-0.25, -0.2) is 4.99 Å². The zero-order valence-corrected chi connectivity index (χ0v) is 18.6. The van der Waals surface area contributed by atoms with Crippen molar-refractivity contribution in [1.82, 2.24) is 4.57 Å². The Morgan fingerprint density at radius 2 is 1.75 bits per heavy atom. The van der Waals surface area contributed by atoms with E-state index in [-0.39, 0.29) is 11.5 Å². The number of hydrogen-bond donors (Lipinski definition) is 1. The summed E-state index contributed by atoms with van der Waals surface area (Å²) in [6.07, 6.45) is 0. The molecule has 2 aliphatic rings. The van der Waals surface area contributed by atoms with Crippen molar-refractivity contribution < 1.29 is 14.3 Å². The number of rotatable bonds is 5. The number of carbonyl (C=O) groups is 1. The van der Waals surface area contributed by atoms with Crippen LogP contribution in [0, 0.1) is 0 Å². The average Bonchev–Trinajstić information content (AvgIpc) is 3.29. The number of hydrogen-bond acceptors (Lipinski definition) is 7. The summed E-state index contributed by atoms with van der Waals surface area (Å²) in [7, 11) is 0. The first-order chi connectivity index (χ1) is 15.6. The number of aromatic nitrogens is 1. The molecule has 0 saturated heterocycles. The van der Waals surface area contributed by atoms with Crippen molar-refractivity contribution in [3.8, 4) is 11.5 Å². The monoisotopic (exact) mass is 450 g/mol. The molecule has 5 rings (SSSR count). The third-order valence-corrected chi connectivity index (χ3v) is 6.45. The van der Waals surface area contributed by atoms with E-state index >= 15 is 0 Å². The molecule has 1 aromatic heterocycles. The Balaban J connectivity index is 1.55. The smallest absolute Gasteiger partial charge is 0.272 e. The van der Waals surface area contributed by atoms with Gasteiger partial charge in [-0.1, -0.05) is 11.3 Å². The van der Waals surface area contributed by atoms with E-state index in [9.17, 15) is 9.59 Å². The summed E-state index contributed by atoms with van der Waals surface area (Å²) in [5.41, 5.74) is 2.46. The summed E-state index contributed by atoms with van der Waals surface area (Å²) >= 11 is 1.25. The molecule has 0 fully saturated rings. The summed E-state index contributed by atoms with van der Waals surface area (Å²) in [5, 5.41) is 2.85. The number of amides is 1. The lowest BCUT2D eigenvalue weighted by Crippen LogP contribution is -2.43. The maximum Gasteiger partial charge on any atom is 0.272 e. The standard InChI is InChI=1S/C23H22N4O4S/c1-3-30-15-7-5-14(6-8-15)26-12-24-23-27(13-26)22(29)20(32-23)19-17-11-16(31-4-2)9-10-18(17)25-21(19)28/h5-11H,3-4,12-13H2,1-2H3,(H,25,28). The summed E-state index contributed by atoms with van der Waals surface area (Å²) in [6.45, 7) is 5.77. The topological polar surface area (TPSA) is 85.2 Å². The summed E-state index contributed by atoms with van der Waals surface area (Å²) in [4.78, 5) is 33.3. The Kier molecular flexibility index (Phi) is 5.18. The fourth-order valence-electron chi connectivity index (χ4n) is 3.87. The molecule has 0 atom stereocenters. The van der Waals surface area contributed by atoms with Gasteiger partial charge < -0.3 is 19.7 Å². The Morgan fingerprint density at radius 1 is 1.03 bits per heavy atom. The van der Waals surface area contributed by atoms with Crippen LogP contribution in [0.5, 0.6) is 11.5 Å². The predicted octanol–water partition coefficient (Wildman–Crippen LogP) is 1.91. The van der Waals surface area contributed by atoms with Crippen molar-refractivity contribution in [2.24, 2.45) is 4.99 Å². The van der Waals surface area contributed by atoms with Gasteiger partial charge in [0.05, 0.1) is 18.8 Å². The van der Waals surface area contributed by atoms with E-state index in [1.807, 2.05) is 49.1 Å². The number of ether oxygens (including phenoxy) is 2. The van der Waals surface area contributed by atoms with Gasteiger partial charge >= 0.3 is 0 Å². The van der Waals surface area contributed by atoms with Gasteiger partial charge in [0.15, 0.2) is 4.80 Å². The largest absolute Gasteiger partial charge is 0.494 e.